The summed E-state index contributed by atoms with van der Waals surface area (Å²) in [5.74, 6) is -2.95. The second kappa shape index (κ2) is 16.9. The topological polar surface area (TPSA) is 192 Å². The van der Waals surface area contributed by atoms with E-state index in [9.17, 15) is 24.3 Å². The quantitative estimate of drug-likeness (QED) is 0.0873. The zero-order chi connectivity index (χ0) is 32.9. The summed E-state index contributed by atoms with van der Waals surface area (Å²) in [5.41, 5.74) is 14.9. The van der Waals surface area contributed by atoms with Crippen LogP contribution in [-0.4, -0.2) is 64.5 Å². The van der Waals surface area contributed by atoms with Crippen LogP contribution in [0.4, 0.5) is 0 Å². The van der Waals surface area contributed by atoms with Crippen molar-refractivity contribution < 1.29 is 24.3 Å². The van der Waals surface area contributed by atoms with Crippen LogP contribution < -0.4 is 27.4 Å². The summed E-state index contributed by atoms with van der Waals surface area (Å²) in [7, 11) is 0. The van der Waals surface area contributed by atoms with E-state index in [-0.39, 0.29) is 19.3 Å². The first-order valence-corrected chi connectivity index (χ1v) is 15.5. The molecule has 0 aliphatic carbocycles. The lowest BCUT2D eigenvalue weighted by Crippen LogP contribution is -2.58. The number of benzene rings is 3. The average Bonchev–Trinajstić information content (AvgIpc) is 3.47. The maximum Gasteiger partial charge on any atom is 0.326 e. The van der Waals surface area contributed by atoms with E-state index in [1.54, 1.807) is 30.5 Å². The van der Waals surface area contributed by atoms with E-state index in [0.29, 0.717) is 19.4 Å². The molecule has 4 rings (SSSR count). The van der Waals surface area contributed by atoms with Crippen molar-refractivity contribution in [3.8, 4) is 0 Å². The van der Waals surface area contributed by atoms with Crippen molar-refractivity contribution in [3.63, 3.8) is 0 Å². The molecular weight excluding hydrogens is 584 g/mol. The molecule has 0 aliphatic heterocycles. The SMILES string of the molecule is NCCCCC(N)C(=O)NC(Cc1ccccc1)C(=O)NC(Cc1c[nH]c2ccccc12)C(=O)NC(Cc1ccccc1)C(=O)O. The van der Waals surface area contributed by atoms with Crippen LogP contribution in [0.2, 0.25) is 0 Å². The molecule has 3 aromatic carbocycles. The van der Waals surface area contributed by atoms with Gasteiger partial charge in [-0.25, -0.2) is 4.79 Å². The molecule has 4 atom stereocenters. The zero-order valence-corrected chi connectivity index (χ0v) is 25.7. The van der Waals surface area contributed by atoms with E-state index in [4.69, 9.17) is 11.5 Å². The van der Waals surface area contributed by atoms with Gasteiger partial charge in [-0.3, -0.25) is 14.4 Å². The van der Waals surface area contributed by atoms with E-state index >= 15 is 0 Å². The second-order valence-electron chi connectivity index (χ2n) is 11.4. The highest BCUT2D eigenvalue weighted by Crippen LogP contribution is 2.19. The van der Waals surface area contributed by atoms with Crippen molar-refractivity contribution >= 4 is 34.6 Å². The summed E-state index contributed by atoms with van der Waals surface area (Å²) in [6.07, 6.45) is 3.85. The van der Waals surface area contributed by atoms with E-state index in [1.165, 1.54) is 0 Å². The van der Waals surface area contributed by atoms with E-state index in [1.807, 2.05) is 60.7 Å². The number of carbonyl (C=O) groups is 4. The molecule has 11 nitrogen and oxygen atoms in total. The summed E-state index contributed by atoms with van der Waals surface area (Å²) in [4.78, 5) is 56.1. The molecule has 242 valence electrons. The Bertz CT molecular complexity index is 1590. The van der Waals surface area contributed by atoms with Gasteiger partial charge >= 0.3 is 5.97 Å². The van der Waals surface area contributed by atoms with Crippen LogP contribution in [0.5, 0.6) is 0 Å². The molecule has 0 radical (unpaired) electrons. The number of aliphatic carboxylic acids is 1. The first-order chi connectivity index (χ1) is 22.2. The van der Waals surface area contributed by atoms with Crippen LogP contribution in [-0.2, 0) is 38.4 Å². The number of nitrogens with two attached hydrogens (primary N) is 2. The monoisotopic (exact) mass is 626 g/mol. The number of fused-ring (bicyclic) bond motifs is 1. The van der Waals surface area contributed by atoms with Crippen LogP contribution in [0, 0.1) is 0 Å². The van der Waals surface area contributed by atoms with Crippen LogP contribution in [0.25, 0.3) is 10.9 Å². The predicted octanol–water partition coefficient (Wildman–Crippen LogP) is 2.19. The lowest BCUT2D eigenvalue weighted by atomic mass is 10.0. The summed E-state index contributed by atoms with van der Waals surface area (Å²) < 4.78 is 0. The fourth-order valence-electron chi connectivity index (χ4n) is 5.30. The maximum absolute atomic E-state index is 13.9. The van der Waals surface area contributed by atoms with Crippen LogP contribution >= 0.6 is 0 Å². The molecule has 9 N–H and O–H groups in total. The number of unbranched alkanes of at least 4 members (excludes halogenated alkanes) is 1. The number of rotatable bonds is 17. The Hall–Kier alpha value is -5.00. The van der Waals surface area contributed by atoms with E-state index in [0.717, 1.165) is 34.0 Å². The highest BCUT2D eigenvalue weighted by Gasteiger charge is 2.31. The fraction of sp³-hybridized carbons (Fsp3) is 0.314. The van der Waals surface area contributed by atoms with Crippen molar-refractivity contribution in [1.82, 2.24) is 20.9 Å². The number of aromatic amines is 1. The molecule has 4 aromatic rings. The van der Waals surface area contributed by atoms with Crippen molar-refractivity contribution in [3.05, 3.63) is 108 Å². The molecule has 1 heterocycles. The highest BCUT2D eigenvalue weighted by atomic mass is 16.4. The fourth-order valence-corrected chi connectivity index (χ4v) is 5.30. The van der Waals surface area contributed by atoms with E-state index in [2.05, 4.69) is 20.9 Å². The summed E-state index contributed by atoms with van der Waals surface area (Å²) in [6.45, 7) is 0.487. The predicted molar refractivity (Wildman–Crippen MR) is 177 cm³/mol. The van der Waals surface area contributed by atoms with Crippen molar-refractivity contribution in [1.29, 1.82) is 0 Å². The third-order valence-corrected chi connectivity index (χ3v) is 7.85. The number of carbonyl (C=O) groups excluding carboxylic acids is 3. The molecule has 0 aliphatic rings. The first kappa shape index (κ1) is 33.9. The minimum Gasteiger partial charge on any atom is -0.480 e. The largest absolute Gasteiger partial charge is 0.480 e. The van der Waals surface area contributed by atoms with Crippen LogP contribution in [0.15, 0.2) is 91.1 Å². The lowest BCUT2D eigenvalue weighted by molar-refractivity contribution is -0.142. The Balaban J connectivity index is 1.58. The first-order valence-electron chi connectivity index (χ1n) is 15.5. The molecule has 11 heteroatoms. The number of H-pyrrole nitrogens is 1. The minimum atomic E-state index is -1.23. The molecule has 0 saturated heterocycles. The van der Waals surface area contributed by atoms with Gasteiger partial charge in [0.2, 0.25) is 17.7 Å². The molecular formula is C35H42N6O5. The van der Waals surface area contributed by atoms with Gasteiger partial charge < -0.3 is 37.5 Å². The molecule has 0 bridgehead atoms. The smallest absolute Gasteiger partial charge is 0.326 e. The van der Waals surface area contributed by atoms with Gasteiger partial charge in [0.25, 0.3) is 0 Å². The van der Waals surface area contributed by atoms with Crippen molar-refractivity contribution in [2.24, 2.45) is 11.5 Å². The number of carboxylic acids is 1. The number of hydrogen-bond donors (Lipinski definition) is 7. The van der Waals surface area contributed by atoms with Crippen molar-refractivity contribution in [2.45, 2.75) is 62.7 Å². The summed E-state index contributed by atoms with van der Waals surface area (Å²) in [5, 5.41) is 19.0. The number of para-hydroxylation sites is 1. The standard InChI is InChI=1S/C35H42N6O5/c36-18-10-9-16-27(37)32(42)39-29(19-23-11-3-1-4-12-23)33(43)40-30(21-25-22-38-28-17-8-7-15-26(25)28)34(44)41-31(35(45)46)20-24-13-5-2-6-14-24/h1-8,11-15,17,22,27,29-31,38H,9-10,16,18-21,36-37H2,(H,39,42)(H,40,43)(H,41,44)(H,45,46). The molecule has 0 fully saturated rings. The van der Waals surface area contributed by atoms with Gasteiger partial charge in [-0.15, -0.1) is 0 Å². The molecule has 0 spiro atoms. The van der Waals surface area contributed by atoms with E-state index < -0.39 is 47.9 Å². The van der Waals surface area contributed by atoms with Gasteiger partial charge in [0, 0.05) is 36.4 Å². The van der Waals surface area contributed by atoms with Gasteiger partial charge in [0.1, 0.15) is 18.1 Å². The number of hydrogen-bond acceptors (Lipinski definition) is 6. The maximum atomic E-state index is 13.9. The third kappa shape index (κ3) is 9.75. The molecule has 4 unspecified atom stereocenters. The highest BCUT2D eigenvalue weighted by molar-refractivity contribution is 5.95. The zero-order valence-electron chi connectivity index (χ0n) is 25.7. The Kier molecular flexibility index (Phi) is 12.4. The Morgan fingerprint density at radius 2 is 1.20 bits per heavy atom. The van der Waals surface area contributed by atoms with Gasteiger partial charge in [0.15, 0.2) is 0 Å². The number of aromatic nitrogens is 1. The van der Waals surface area contributed by atoms with Crippen LogP contribution in [0.3, 0.4) is 0 Å². The number of carboxylic acid groups (broad SMARTS) is 1. The number of nitrogens with one attached hydrogen (secondary N) is 4. The molecule has 46 heavy (non-hydrogen) atoms. The van der Waals surface area contributed by atoms with Gasteiger partial charge in [-0.05, 0) is 42.1 Å². The summed E-state index contributed by atoms with van der Waals surface area (Å²) in [6, 6.07) is 21.4. The average molecular weight is 627 g/mol. The Morgan fingerprint density at radius 1 is 0.674 bits per heavy atom. The third-order valence-electron chi connectivity index (χ3n) is 7.85. The van der Waals surface area contributed by atoms with Crippen molar-refractivity contribution in [2.75, 3.05) is 6.54 Å². The van der Waals surface area contributed by atoms with Gasteiger partial charge in [0.05, 0.1) is 6.04 Å². The summed E-state index contributed by atoms with van der Waals surface area (Å²) >= 11 is 0. The van der Waals surface area contributed by atoms with Crippen LogP contribution in [0.1, 0.15) is 36.0 Å². The lowest BCUT2D eigenvalue weighted by Gasteiger charge is -2.25. The van der Waals surface area contributed by atoms with Gasteiger partial charge in [-0.1, -0.05) is 85.3 Å². The molecule has 1 aromatic heterocycles. The van der Waals surface area contributed by atoms with Gasteiger partial charge in [-0.2, -0.15) is 0 Å². The Labute approximate surface area is 268 Å². The Morgan fingerprint density at radius 3 is 1.80 bits per heavy atom. The minimum absolute atomic E-state index is 0.0599. The second-order valence-corrected chi connectivity index (χ2v) is 11.4. The molecule has 3 amide bonds. The normalized spacial score (nSPS) is 13.7. The molecule has 0 saturated carbocycles. The number of amides is 3.